The summed E-state index contributed by atoms with van der Waals surface area (Å²) >= 11 is 6.62. The first-order valence-electron chi connectivity index (χ1n) is 12.9. The predicted octanol–water partition coefficient (Wildman–Crippen LogP) is 5.20. The van der Waals surface area contributed by atoms with Gasteiger partial charge in [0.05, 0.1) is 28.3 Å². The molecule has 1 saturated heterocycles. The molecule has 5 rings (SSSR count). The lowest BCUT2D eigenvalue weighted by atomic mass is 10.1. The molecule has 1 fully saturated rings. The molecule has 2 N–H and O–H groups in total. The van der Waals surface area contributed by atoms with Crippen LogP contribution in [-0.2, 0) is 6.54 Å². The first-order chi connectivity index (χ1) is 17.8. The van der Waals surface area contributed by atoms with Gasteiger partial charge in [0.1, 0.15) is 23.8 Å². The molecule has 8 nitrogen and oxygen atoms in total. The van der Waals surface area contributed by atoms with Gasteiger partial charge in [-0.05, 0) is 45.5 Å². The maximum Gasteiger partial charge on any atom is 0.149 e. The molecule has 4 heterocycles. The van der Waals surface area contributed by atoms with E-state index in [-0.39, 0.29) is 18.0 Å². The van der Waals surface area contributed by atoms with Crippen molar-refractivity contribution in [3.8, 4) is 11.3 Å². The summed E-state index contributed by atoms with van der Waals surface area (Å²) in [5.41, 5.74) is 3.69. The van der Waals surface area contributed by atoms with Crippen LogP contribution in [-0.4, -0.2) is 69.7 Å². The van der Waals surface area contributed by atoms with Crippen LogP contribution in [0.2, 0.25) is 5.02 Å². The van der Waals surface area contributed by atoms with Crippen molar-refractivity contribution in [3.05, 3.63) is 53.2 Å². The van der Waals surface area contributed by atoms with Gasteiger partial charge in [0, 0.05) is 62.2 Å². The van der Waals surface area contributed by atoms with E-state index in [1.54, 1.807) is 6.07 Å². The van der Waals surface area contributed by atoms with Crippen LogP contribution >= 0.6 is 11.6 Å². The summed E-state index contributed by atoms with van der Waals surface area (Å²) in [4.78, 5) is 20.3. The Morgan fingerprint density at radius 2 is 1.78 bits per heavy atom. The molecule has 0 aliphatic carbocycles. The van der Waals surface area contributed by atoms with E-state index in [0.29, 0.717) is 33.6 Å². The molecule has 2 aromatic heterocycles. The summed E-state index contributed by atoms with van der Waals surface area (Å²) in [5, 5.41) is 7.12. The van der Waals surface area contributed by atoms with Crippen LogP contribution in [0.1, 0.15) is 33.3 Å². The van der Waals surface area contributed by atoms with E-state index < -0.39 is 0 Å². The number of nitrogens with one attached hydrogen (secondary N) is 2. The Labute approximate surface area is 222 Å². The zero-order valence-corrected chi connectivity index (χ0v) is 22.6. The summed E-state index contributed by atoms with van der Waals surface area (Å²) in [5.74, 6) is 0.860. The molecular weight excluding hydrogens is 491 g/mol. The van der Waals surface area contributed by atoms with Gasteiger partial charge in [-0.2, -0.15) is 0 Å². The summed E-state index contributed by atoms with van der Waals surface area (Å²) in [6, 6.07) is 7.33. The predicted molar refractivity (Wildman–Crippen MR) is 148 cm³/mol. The van der Waals surface area contributed by atoms with Gasteiger partial charge in [-0.3, -0.25) is 4.90 Å². The highest BCUT2D eigenvalue weighted by Crippen LogP contribution is 2.41. The monoisotopic (exact) mass is 524 g/mol. The lowest BCUT2D eigenvalue weighted by Crippen LogP contribution is -2.45. The molecule has 2 aliphatic heterocycles. The van der Waals surface area contributed by atoms with E-state index >= 15 is 4.39 Å². The number of benzene rings is 1. The molecule has 196 valence electrons. The highest BCUT2D eigenvalue weighted by molar-refractivity contribution is 6.31. The number of piperazine rings is 1. The Kier molecular flexibility index (Phi) is 7.46. The number of anilines is 4. The second-order valence-electron chi connectivity index (χ2n) is 9.96. The summed E-state index contributed by atoms with van der Waals surface area (Å²) in [7, 11) is 0. The van der Waals surface area contributed by atoms with Crippen LogP contribution in [0.15, 0.2) is 36.8 Å². The Hall–Kier alpha value is -3.01. The van der Waals surface area contributed by atoms with Crippen LogP contribution in [0.4, 0.5) is 27.4 Å². The summed E-state index contributed by atoms with van der Waals surface area (Å²) in [6.07, 6.45) is 3.31. The summed E-state index contributed by atoms with van der Waals surface area (Å²) < 4.78 is 15.0. The number of fused-ring (bicyclic) bond motifs is 1. The van der Waals surface area contributed by atoms with Gasteiger partial charge in [-0.25, -0.2) is 19.3 Å². The topological polar surface area (TPSA) is 72.5 Å². The third-order valence-electron chi connectivity index (χ3n) is 7.13. The number of likely N-dealkylation sites (N-methyl/N-ethyl adjacent to an activating group) is 1. The smallest absolute Gasteiger partial charge is 0.149 e. The van der Waals surface area contributed by atoms with Crippen molar-refractivity contribution in [2.75, 3.05) is 48.3 Å². The SMILES string of the molecule is CCN1CCN(Cc2cnc(Nc3cc(-c4cc(F)c5c(c4)N(C(C)C)C(C)N5)ncn3)cc2Cl)CC1. The molecule has 2 aliphatic rings. The minimum absolute atomic E-state index is 0.0159. The Morgan fingerprint density at radius 3 is 2.49 bits per heavy atom. The van der Waals surface area contributed by atoms with Crippen LogP contribution < -0.4 is 15.5 Å². The molecule has 3 aromatic rings. The maximum absolute atomic E-state index is 15.0. The zero-order valence-electron chi connectivity index (χ0n) is 21.8. The number of hydrogen-bond acceptors (Lipinski definition) is 8. The van der Waals surface area contributed by atoms with E-state index in [9.17, 15) is 0 Å². The fraction of sp³-hybridized carbons (Fsp3) is 0.444. The fourth-order valence-electron chi connectivity index (χ4n) is 5.16. The van der Waals surface area contributed by atoms with Crippen molar-refractivity contribution in [2.45, 2.75) is 46.4 Å². The van der Waals surface area contributed by atoms with Crippen molar-refractivity contribution in [1.29, 1.82) is 0 Å². The molecule has 37 heavy (non-hydrogen) atoms. The third-order valence-corrected chi connectivity index (χ3v) is 7.48. The number of hydrogen-bond donors (Lipinski definition) is 2. The van der Waals surface area contributed by atoms with Gasteiger partial charge in [-0.1, -0.05) is 18.5 Å². The Morgan fingerprint density at radius 1 is 1.05 bits per heavy atom. The number of aromatic nitrogens is 3. The minimum atomic E-state index is -0.296. The first-order valence-corrected chi connectivity index (χ1v) is 13.3. The molecule has 0 amide bonds. The lowest BCUT2D eigenvalue weighted by Gasteiger charge is -2.34. The number of halogens is 2. The maximum atomic E-state index is 15.0. The summed E-state index contributed by atoms with van der Waals surface area (Å²) in [6.45, 7) is 14.5. The van der Waals surface area contributed by atoms with Crippen LogP contribution in [0.25, 0.3) is 11.3 Å². The number of nitrogens with zero attached hydrogens (tertiary/aromatic N) is 6. The normalized spacial score (nSPS) is 18.2. The average Bonchev–Trinajstić information content (AvgIpc) is 3.23. The molecule has 10 heteroatoms. The number of rotatable bonds is 7. The first kappa shape index (κ1) is 25.6. The fourth-order valence-corrected chi connectivity index (χ4v) is 5.37. The highest BCUT2D eigenvalue weighted by atomic mass is 35.5. The third kappa shape index (κ3) is 5.49. The molecule has 1 unspecified atom stereocenters. The molecular formula is C27H34ClFN8. The molecule has 0 spiro atoms. The van der Waals surface area contributed by atoms with Crippen molar-refractivity contribution in [1.82, 2.24) is 24.8 Å². The van der Waals surface area contributed by atoms with E-state index in [1.807, 2.05) is 25.3 Å². The standard InChI is InChI=1S/C27H34ClFN8/c1-5-35-6-8-36(9-7-35)15-20-14-30-25(12-21(20)28)34-26-13-23(31-16-32-26)19-10-22(29)27-24(11-19)37(17(2)3)18(4)33-27/h10-14,16-18,33H,5-9,15H2,1-4H3,(H,30,31,32,34). The van der Waals surface area contributed by atoms with E-state index in [2.05, 4.69) is 61.1 Å². The van der Waals surface area contributed by atoms with Crippen molar-refractivity contribution < 1.29 is 4.39 Å². The van der Waals surface area contributed by atoms with Crippen LogP contribution in [0.5, 0.6) is 0 Å². The lowest BCUT2D eigenvalue weighted by molar-refractivity contribution is 0.132. The van der Waals surface area contributed by atoms with E-state index in [0.717, 1.165) is 50.5 Å². The molecule has 0 bridgehead atoms. The highest BCUT2D eigenvalue weighted by Gasteiger charge is 2.30. The van der Waals surface area contributed by atoms with Crippen LogP contribution in [0.3, 0.4) is 0 Å². The van der Waals surface area contributed by atoms with Gasteiger partial charge in [0.15, 0.2) is 0 Å². The van der Waals surface area contributed by atoms with Crippen molar-refractivity contribution >= 4 is 34.6 Å². The van der Waals surface area contributed by atoms with Gasteiger partial charge >= 0.3 is 0 Å². The Balaban J connectivity index is 1.31. The molecule has 1 aromatic carbocycles. The second-order valence-corrected chi connectivity index (χ2v) is 10.4. The van der Waals surface area contributed by atoms with Crippen molar-refractivity contribution in [2.24, 2.45) is 0 Å². The van der Waals surface area contributed by atoms with Gasteiger partial charge < -0.3 is 20.4 Å². The van der Waals surface area contributed by atoms with Gasteiger partial charge in [0.2, 0.25) is 0 Å². The average molecular weight is 525 g/mol. The minimum Gasteiger partial charge on any atom is -0.361 e. The molecule has 0 saturated carbocycles. The molecule has 1 atom stereocenters. The van der Waals surface area contributed by atoms with Crippen molar-refractivity contribution in [3.63, 3.8) is 0 Å². The largest absolute Gasteiger partial charge is 0.361 e. The molecule has 0 radical (unpaired) electrons. The quantitative estimate of drug-likeness (QED) is 0.437. The Bertz CT molecular complexity index is 1260. The van der Waals surface area contributed by atoms with E-state index in [4.69, 9.17) is 11.6 Å². The van der Waals surface area contributed by atoms with E-state index in [1.165, 1.54) is 12.4 Å². The number of pyridine rings is 1. The van der Waals surface area contributed by atoms with Gasteiger partial charge in [-0.15, -0.1) is 0 Å². The van der Waals surface area contributed by atoms with Crippen LogP contribution in [0, 0.1) is 5.82 Å². The second kappa shape index (κ2) is 10.8. The zero-order chi connectivity index (χ0) is 26.1. The van der Waals surface area contributed by atoms with Gasteiger partial charge in [0.25, 0.3) is 0 Å².